The smallest absolute Gasteiger partial charge is 0.416 e. The van der Waals surface area contributed by atoms with E-state index in [-0.39, 0.29) is 32.8 Å². The molecule has 0 aromatic heterocycles. The number of benzene rings is 4. The lowest BCUT2D eigenvalue weighted by Gasteiger charge is -2.27. The Labute approximate surface area is 291 Å². The van der Waals surface area contributed by atoms with Crippen LogP contribution in [-0.2, 0) is 35.3 Å². The summed E-state index contributed by atoms with van der Waals surface area (Å²) in [5.41, 5.74) is -0.810. The molecule has 2 aliphatic rings. The van der Waals surface area contributed by atoms with Gasteiger partial charge in [0.25, 0.3) is 0 Å². The highest BCUT2D eigenvalue weighted by molar-refractivity contribution is 7.91. The summed E-state index contributed by atoms with van der Waals surface area (Å²) in [4.78, 5) is 3.90. The molecule has 51 heavy (non-hydrogen) atoms. The highest BCUT2D eigenvalue weighted by atomic mass is 32.2. The molecule has 2 heterocycles. The van der Waals surface area contributed by atoms with Crippen LogP contribution in [0.2, 0.25) is 0 Å². The summed E-state index contributed by atoms with van der Waals surface area (Å²) >= 11 is 0. The Bertz CT molecular complexity index is 1780. The number of alkyl halides is 6. The Hall–Kier alpha value is -4.15. The molecule has 15 heteroatoms. The second-order valence-electron chi connectivity index (χ2n) is 12.4. The molecule has 0 amide bonds. The van der Waals surface area contributed by atoms with Crippen LogP contribution in [0.4, 0.5) is 26.3 Å². The van der Waals surface area contributed by atoms with Crippen LogP contribution < -0.4 is 20.1 Å². The van der Waals surface area contributed by atoms with E-state index in [9.17, 15) is 34.8 Å². The van der Waals surface area contributed by atoms with Gasteiger partial charge >= 0.3 is 12.4 Å². The molecule has 4 aromatic carbocycles. The van der Waals surface area contributed by atoms with E-state index >= 15 is 0 Å². The van der Waals surface area contributed by atoms with Crippen LogP contribution in [0.15, 0.2) is 94.7 Å². The third kappa shape index (κ3) is 9.60. The first-order valence-corrected chi connectivity index (χ1v) is 17.8. The van der Waals surface area contributed by atoms with Crippen molar-refractivity contribution < 1.29 is 44.2 Å². The number of sulfone groups is 1. The summed E-state index contributed by atoms with van der Waals surface area (Å²) < 4.78 is 121. The first-order valence-electron chi connectivity index (χ1n) is 16.3. The van der Waals surface area contributed by atoms with Gasteiger partial charge in [-0.15, -0.1) is 0 Å². The van der Waals surface area contributed by atoms with Gasteiger partial charge < -0.3 is 20.1 Å². The van der Waals surface area contributed by atoms with Gasteiger partial charge in [-0.2, -0.15) is 26.3 Å². The number of hydrogen-bond donors (Lipinski definition) is 2. The van der Waals surface area contributed by atoms with Crippen molar-refractivity contribution in [1.82, 2.24) is 20.4 Å². The van der Waals surface area contributed by atoms with E-state index in [1.165, 1.54) is 60.7 Å². The molecule has 0 spiro atoms. The van der Waals surface area contributed by atoms with Crippen LogP contribution in [-0.4, -0.2) is 70.6 Å². The maximum absolute atomic E-state index is 13.7. The van der Waals surface area contributed by atoms with E-state index in [0.29, 0.717) is 50.4 Å². The molecule has 0 unspecified atom stereocenters. The van der Waals surface area contributed by atoms with Gasteiger partial charge in [-0.25, -0.2) is 8.42 Å². The average Bonchev–Trinajstić information content (AvgIpc) is 3.09. The topological polar surface area (TPSA) is 83.1 Å². The number of halogens is 6. The van der Waals surface area contributed by atoms with Crippen LogP contribution in [0.1, 0.15) is 22.3 Å². The normalized spacial score (nSPS) is 16.6. The first kappa shape index (κ1) is 36.6. The predicted molar refractivity (Wildman–Crippen MR) is 178 cm³/mol. The monoisotopic (exact) mass is 734 g/mol. The summed E-state index contributed by atoms with van der Waals surface area (Å²) in [5.74, 6) is 0.223. The van der Waals surface area contributed by atoms with Gasteiger partial charge in [-0.3, -0.25) is 9.80 Å². The third-order valence-electron chi connectivity index (χ3n) is 8.56. The van der Waals surface area contributed by atoms with Gasteiger partial charge in [-0.1, -0.05) is 0 Å². The number of ether oxygens (including phenoxy) is 2. The average molecular weight is 735 g/mol. The molecule has 8 nitrogen and oxygen atoms in total. The van der Waals surface area contributed by atoms with Crippen LogP contribution in [0.25, 0.3) is 0 Å². The lowest BCUT2D eigenvalue weighted by molar-refractivity contribution is -0.138. The molecule has 2 fully saturated rings. The maximum atomic E-state index is 13.7. The number of rotatable bonds is 10. The van der Waals surface area contributed by atoms with Gasteiger partial charge in [0, 0.05) is 65.4 Å². The zero-order valence-corrected chi connectivity index (χ0v) is 28.2. The van der Waals surface area contributed by atoms with Crippen molar-refractivity contribution in [1.29, 1.82) is 0 Å². The molecule has 4 aromatic rings. The van der Waals surface area contributed by atoms with Crippen molar-refractivity contribution in [3.8, 4) is 23.0 Å². The standard InChI is InChI=1S/C36H36F6N4O4S/c37-35(38,39)27-17-25(23-45-13-9-43-10-14-45)19-31(21-27)49-29-1-5-33(6-2-29)51(47,48)34-7-3-30(4-8-34)50-32-20-26(18-28(22-32)36(40,41)42)24-46-15-11-44-12-16-46/h1-8,17-22,43-44H,9-16,23-24H2. The molecule has 2 aliphatic heterocycles. The largest absolute Gasteiger partial charge is 0.457 e. The molecule has 2 saturated heterocycles. The Morgan fingerprint density at radius 1 is 0.529 bits per heavy atom. The second kappa shape index (κ2) is 15.2. The van der Waals surface area contributed by atoms with Crippen molar-refractivity contribution in [2.45, 2.75) is 35.2 Å². The van der Waals surface area contributed by atoms with E-state index < -0.39 is 33.3 Å². The molecule has 0 atom stereocenters. The Balaban J connectivity index is 1.15. The molecule has 272 valence electrons. The highest BCUT2D eigenvalue weighted by Crippen LogP contribution is 2.37. The summed E-state index contributed by atoms with van der Waals surface area (Å²) in [5, 5.41) is 6.41. The van der Waals surface area contributed by atoms with Crippen molar-refractivity contribution in [3.63, 3.8) is 0 Å². The van der Waals surface area contributed by atoms with E-state index in [4.69, 9.17) is 9.47 Å². The Kier molecular flexibility index (Phi) is 10.9. The molecule has 0 radical (unpaired) electrons. The minimum absolute atomic E-state index is 0.0298. The lowest BCUT2D eigenvalue weighted by Crippen LogP contribution is -2.42. The van der Waals surface area contributed by atoms with Gasteiger partial charge in [0.15, 0.2) is 0 Å². The maximum Gasteiger partial charge on any atom is 0.416 e. The summed E-state index contributed by atoms with van der Waals surface area (Å²) in [6, 6.07) is 17.6. The summed E-state index contributed by atoms with van der Waals surface area (Å²) in [6.45, 7) is 6.42. The van der Waals surface area contributed by atoms with Gasteiger partial charge in [0.1, 0.15) is 23.0 Å². The van der Waals surface area contributed by atoms with Crippen molar-refractivity contribution >= 4 is 9.84 Å². The minimum Gasteiger partial charge on any atom is -0.457 e. The predicted octanol–water partition coefficient (Wildman–Crippen LogP) is 6.95. The van der Waals surface area contributed by atoms with E-state index in [2.05, 4.69) is 10.6 Å². The van der Waals surface area contributed by atoms with E-state index in [1.807, 2.05) is 9.80 Å². The molecule has 0 aliphatic carbocycles. The first-order chi connectivity index (χ1) is 24.2. The van der Waals surface area contributed by atoms with E-state index in [1.54, 1.807) is 0 Å². The quantitative estimate of drug-likeness (QED) is 0.170. The lowest BCUT2D eigenvalue weighted by atomic mass is 10.1. The highest BCUT2D eigenvalue weighted by Gasteiger charge is 2.33. The number of hydrogen-bond acceptors (Lipinski definition) is 8. The Morgan fingerprint density at radius 2 is 0.882 bits per heavy atom. The zero-order valence-electron chi connectivity index (χ0n) is 27.4. The van der Waals surface area contributed by atoms with Crippen LogP contribution in [0.3, 0.4) is 0 Å². The molecule has 6 rings (SSSR count). The fourth-order valence-corrected chi connectivity index (χ4v) is 7.25. The molecule has 0 saturated carbocycles. The van der Waals surface area contributed by atoms with Crippen molar-refractivity contribution in [2.75, 3.05) is 52.4 Å². The summed E-state index contributed by atoms with van der Waals surface area (Å²) in [7, 11) is -4.05. The van der Waals surface area contributed by atoms with Crippen molar-refractivity contribution in [2.24, 2.45) is 0 Å². The minimum atomic E-state index is -4.59. The third-order valence-corrected chi connectivity index (χ3v) is 10.3. The zero-order chi connectivity index (χ0) is 36.2. The van der Waals surface area contributed by atoms with Crippen LogP contribution >= 0.6 is 0 Å². The van der Waals surface area contributed by atoms with E-state index in [0.717, 1.165) is 50.4 Å². The molecular formula is C36H36F6N4O4S. The second-order valence-corrected chi connectivity index (χ2v) is 14.4. The number of nitrogens with zero attached hydrogens (tertiary/aromatic N) is 2. The Morgan fingerprint density at radius 3 is 1.22 bits per heavy atom. The number of piperazine rings is 2. The molecular weight excluding hydrogens is 698 g/mol. The number of nitrogens with one attached hydrogen (secondary N) is 2. The SMILES string of the molecule is O=S(=O)(c1ccc(Oc2cc(CN3CCNCC3)cc(C(F)(F)F)c2)cc1)c1ccc(Oc2cc(CN3CCNCC3)cc(C(F)(F)F)c2)cc1. The van der Waals surface area contributed by atoms with Gasteiger partial charge in [-0.05, 0) is 96.1 Å². The molecule has 2 N–H and O–H groups in total. The fraction of sp³-hybridized carbons (Fsp3) is 0.333. The summed E-state index contributed by atoms with van der Waals surface area (Å²) in [6.07, 6.45) is -9.17. The van der Waals surface area contributed by atoms with Crippen molar-refractivity contribution in [3.05, 3.63) is 107 Å². The molecule has 0 bridgehead atoms. The van der Waals surface area contributed by atoms with Crippen LogP contribution in [0, 0.1) is 0 Å². The van der Waals surface area contributed by atoms with Gasteiger partial charge in [0.05, 0.1) is 20.9 Å². The fourth-order valence-electron chi connectivity index (χ4n) is 5.99. The van der Waals surface area contributed by atoms with Gasteiger partial charge in [0.2, 0.25) is 9.84 Å². The van der Waals surface area contributed by atoms with Crippen LogP contribution in [0.5, 0.6) is 23.0 Å².